The van der Waals surface area contributed by atoms with Crippen LogP contribution in [0, 0.1) is 0 Å². The second-order valence-electron chi connectivity index (χ2n) is 4.19. The van der Waals surface area contributed by atoms with Crippen molar-refractivity contribution in [3.63, 3.8) is 0 Å². The van der Waals surface area contributed by atoms with E-state index >= 15 is 0 Å². The molecule has 1 heterocycles. The van der Waals surface area contributed by atoms with Crippen LogP contribution in [0.25, 0.3) is 0 Å². The van der Waals surface area contributed by atoms with Gasteiger partial charge in [0.1, 0.15) is 5.78 Å². The summed E-state index contributed by atoms with van der Waals surface area (Å²) in [6.07, 6.45) is 2.34. The van der Waals surface area contributed by atoms with Gasteiger partial charge in [0.2, 0.25) is 5.88 Å². The molecule has 0 unspecified atom stereocenters. The maximum atomic E-state index is 12.0. The summed E-state index contributed by atoms with van der Waals surface area (Å²) in [5, 5.41) is 0.628. The third-order valence-electron chi connectivity index (χ3n) is 2.75. The van der Waals surface area contributed by atoms with Crippen molar-refractivity contribution in [2.75, 3.05) is 7.11 Å². The Kier molecular flexibility index (Phi) is 4.53. The van der Waals surface area contributed by atoms with Crippen molar-refractivity contribution >= 4 is 17.4 Å². The molecular formula is C15H14ClNO2. The smallest absolute Gasteiger partial charge is 0.212 e. The van der Waals surface area contributed by atoms with E-state index in [-0.39, 0.29) is 5.78 Å². The first kappa shape index (κ1) is 13.6. The molecule has 0 aliphatic rings. The Labute approximate surface area is 117 Å². The average Bonchev–Trinajstić information content (AvgIpc) is 2.42. The summed E-state index contributed by atoms with van der Waals surface area (Å²) < 4.78 is 4.97. The van der Waals surface area contributed by atoms with Crippen molar-refractivity contribution in [3.05, 3.63) is 58.7 Å². The number of hydrogen-bond acceptors (Lipinski definition) is 3. The van der Waals surface area contributed by atoms with Gasteiger partial charge in [0.15, 0.2) is 0 Å². The normalized spacial score (nSPS) is 10.2. The van der Waals surface area contributed by atoms with Gasteiger partial charge in [-0.25, -0.2) is 4.98 Å². The maximum absolute atomic E-state index is 12.0. The SMILES string of the molecule is COc1ccc(CC(=O)Cc2ccccc2Cl)cn1. The van der Waals surface area contributed by atoms with Gasteiger partial charge < -0.3 is 4.74 Å². The summed E-state index contributed by atoms with van der Waals surface area (Å²) in [6.45, 7) is 0. The highest BCUT2D eigenvalue weighted by molar-refractivity contribution is 6.31. The third kappa shape index (κ3) is 3.80. The van der Waals surface area contributed by atoms with Crippen molar-refractivity contribution < 1.29 is 9.53 Å². The van der Waals surface area contributed by atoms with E-state index in [1.807, 2.05) is 24.3 Å². The van der Waals surface area contributed by atoms with E-state index in [9.17, 15) is 4.79 Å². The molecule has 0 atom stereocenters. The summed E-state index contributed by atoms with van der Waals surface area (Å²) >= 11 is 6.03. The van der Waals surface area contributed by atoms with E-state index in [4.69, 9.17) is 16.3 Å². The van der Waals surface area contributed by atoms with Crippen LogP contribution in [0.3, 0.4) is 0 Å². The van der Waals surface area contributed by atoms with Gasteiger partial charge in [-0.15, -0.1) is 0 Å². The largest absolute Gasteiger partial charge is 0.481 e. The van der Waals surface area contributed by atoms with Crippen LogP contribution in [-0.4, -0.2) is 17.9 Å². The summed E-state index contributed by atoms with van der Waals surface area (Å²) in [4.78, 5) is 16.0. The van der Waals surface area contributed by atoms with Crippen LogP contribution >= 0.6 is 11.6 Å². The minimum Gasteiger partial charge on any atom is -0.481 e. The number of ketones is 1. The first-order valence-electron chi connectivity index (χ1n) is 5.93. The number of nitrogens with zero attached hydrogens (tertiary/aromatic N) is 1. The highest BCUT2D eigenvalue weighted by atomic mass is 35.5. The molecule has 0 saturated carbocycles. The summed E-state index contributed by atoms with van der Waals surface area (Å²) in [7, 11) is 1.56. The second-order valence-corrected chi connectivity index (χ2v) is 4.60. The van der Waals surface area contributed by atoms with Crippen LogP contribution in [0.4, 0.5) is 0 Å². The monoisotopic (exact) mass is 275 g/mol. The number of Topliss-reactive ketones (excluding diaryl/α,β-unsaturated/α-hetero) is 1. The minimum atomic E-state index is 0.111. The molecule has 4 heteroatoms. The van der Waals surface area contributed by atoms with Crippen molar-refractivity contribution in [3.8, 4) is 5.88 Å². The van der Waals surface area contributed by atoms with Gasteiger partial charge in [0, 0.05) is 30.1 Å². The number of pyridine rings is 1. The average molecular weight is 276 g/mol. The number of carbonyl (C=O) groups is 1. The van der Waals surface area contributed by atoms with Crippen LogP contribution in [0.15, 0.2) is 42.6 Å². The first-order chi connectivity index (χ1) is 9.19. The molecule has 3 nitrogen and oxygen atoms in total. The minimum absolute atomic E-state index is 0.111. The van der Waals surface area contributed by atoms with Crippen LogP contribution in [0.2, 0.25) is 5.02 Å². The number of aromatic nitrogens is 1. The predicted octanol–water partition coefficient (Wildman–Crippen LogP) is 3.10. The number of halogens is 1. The van der Waals surface area contributed by atoms with Gasteiger partial charge in [-0.1, -0.05) is 35.9 Å². The lowest BCUT2D eigenvalue weighted by Gasteiger charge is -2.04. The molecule has 0 spiro atoms. The Morgan fingerprint density at radius 3 is 2.63 bits per heavy atom. The van der Waals surface area contributed by atoms with Crippen LogP contribution < -0.4 is 4.74 Å². The van der Waals surface area contributed by atoms with Crippen LogP contribution in [-0.2, 0) is 17.6 Å². The van der Waals surface area contributed by atoms with E-state index in [1.165, 1.54) is 0 Å². The Balaban J connectivity index is 1.99. The van der Waals surface area contributed by atoms with Crippen molar-refractivity contribution in [2.24, 2.45) is 0 Å². The number of ether oxygens (including phenoxy) is 1. The highest BCUT2D eigenvalue weighted by Gasteiger charge is 2.08. The molecule has 98 valence electrons. The van der Waals surface area contributed by atoms with Gasteiger partial charge in [-0.3, -0.25) is 4.79 Å². The van der Waals surface area contributed by atoms with Crippen molar-refractivity contribution in [1.29, 1.82) is 0 Å². The second kappa shape index (κ2) is 6.34. The number of carbonyl (C=O) groups excluding carboxylic acids is 1. The molecule has 2 aromatic rings. The summed E-state index contributed by atoms with van der Waals surface area (Å²) in [6, 6.07) is 11.0. The Bertz CT molecular complexity index is 567. The lowest BCUT2D eigenvalue weighted by atomic mass is 10.0. The zero-order chi connectivity index (χ0) is 13.7. The molecule has 0 bridgehead atoms. The predicted molar refractivity (Wildman–Crippen MR) is 74.7 cm³/mol. The van der Waals surface area contributed by atoms with E-state index < -0.39 is 0 Å². The van der Waals surface area contributed by atoms with Crippen molar-refractivity contribution in [2.45, 2.75) is 12.8 Å². The fraction of sp³-hybridized carbons (Fsp3) is 0.200. The summed E-state index contributed by atoms with van der Waals surface area (Å²) in [5.74, 6) is 0.655. The first-order valence-corrected chi connectivity index (χ1v) is 6.31. The molecule has 0 radical (unpaired) electrons. The number of rotatable bonds is 5. The van der Waals surface area contributed by atoms with Crippen LogP contribution in [0.1, 0.15) is 11.1 Å². The van der Waals surface area contributed by atoms with E-state index in [0.717, 1.165) is 11.1 Å². The number of benzene rings is 1. The zero-order valence-electron chi connectivity index (χ0n) is 10.6. The Morgan fingerprint density at radius 2 is 2.00 bits per heavy atom. The zero-order valence-corrected chi connectivity index (χ0v) is 11.4. The topological polar surface area (TPSA) is 39.2 Å². The lowest BCUT2D eigenvalue weighted by molar-refractivity contribution is -0.117. The Hall–Kier alpha value is -1.87. The molecule has 0 amide bonds. The van der Waals surface area contributed by atoms with E-state index in [1.54, 1.807) is 25.4 Å². The van der Waals surface area contributed by atoms with Gasteiger partial charge in [0.25, 0.3) is 0 Å². The van der Waals surface area contributed by atoms with E-state index in [2.05, 4.69) is 4.98 Å². The lowest BCUT2D eigenvalue weighted by Crippen LogP contribution is -2.07. The molecule has 2 rings (SSSR count). The van der Waals surface area contributed by atoms with Gasteiger partial charge in [-0.05, 0) is 17.2 Å². The fourth-order valence-electron chi connectivity index (χ4n) is 1.78. The summed E-state index contributed by atoms with van der Waals surface area (Å²) in [5.41, 5.74) is 1.73. The standard InChI is InChI=1S/C15H14ClNO2/c1-19-15-7-6-11(10-17-15)8-13(18)9-12-4-2-3-5-14(12)16/h2-7,10H,8-9H2,1H3. The molecular weight excluding hydrogens is 262 g/mol. The van der Waals surface area contributed by atoms with Gasteiger partial charge in [-0.2, -0.15) is 0 Å². The maximum Gasteiger partial charge on any atom is 0.212 e. The molecule has 1 aromatic carbocycles. The fourth-order valence-corrected chi connectivity index (χ4v) is 1.98. The number of hydrogen-bond donors (Lipinski definition) is 0. The van der Waals surface area contributed by atoms with Crippen LogP contribution in [0.5, 0.6) is 5.88 Å². The molecule has 1 aromatic heterocycles. The molecule has 0 aliphatic carbocycles. The van der Waals surface area contributed by atoms with Gasteiger partial charge in [0.05, 0.1) is 7.11 Å². The quantitative estimate of drug-likeness (QED) is 0.842. The van der Waals surface area contributed by atoms with Gasteiger partial charge >= 0.3 is 0 Å². The third-order valence-corrected chi connectivity index (χ3v) is 3.12. The molecule has 0 saturated heterocycles. The molecule has 0 fully saturated rings. The molecule has 0 N–H and O–H groups in total. The van der Waals surface area contributed by atoms with E-state index in [0.29, 0.717) is 23.7 Å². The Morgan fingerprint density at radius 1 is 1.21 bits per heavy atom. The molecule has 19 heavy (non-hydrogen) atoms. The van der Waals surface area contributed by atoms with Crippen molar-refractivity contribution in [1.82, 2.24) is 4.98 Å². The molecule has 0 aliphatic heterocycles. The highest BCUT2D eigenvalue weighted by Crippen LogP contribution is 2.16. The number of methoxy groups -OCH3 is 1.